The van der Waals surface area contributed by atoms with Gasteiger partial charge in [-0.05, 0) is 25.5 Å². The van der Waals surface area contributed by atoms with Gasteiger partial charge < -0.3 is 5.32 Å². The zero-order valence-electron chi connectivity index (χ0n) is 8.09. The minimum absolute atomic E-state index is 0.134. The Morgan fingerprint density at radius 1 is 1.29 bits per heavy atom. The molecule has 74 valence electrons. The normalized spacial score (nSPS) is 19.9. The van der Waals surface area contributed by atoms with Crippen molar-refractivity contribution in [2.45, 2.75) is 12.8 Å². The van der Waals surface area contributed by atoms with E-state index in [2.05, 4.69) is 5.32 Å². The van der Waals surface area contributed by atoms with E-state index in [0.717, 1.165) is 25.9 Å². The minimum Gasteiger partial charge on any atom is -0.313 e. The second-order valence-corrected chi connectivity index (χ2v) is 3.60. The Morgan fingerprint density at radius 2 is 2.14 bits per heavy atom. The van der Waals surface area contributed by atoms with Crippen LogP contribution in [0.5, 0.6) is 0 Å². The van der Waals surface area contributed by atoms with Crippen molar-refractivity contribution in [3.8, 4) is 0 Å². The van der Waals surface area contributed by atoms with Crippen LogP contribution in [0.4, 0.5) is 4.39 Å². The van der Waals surface area contributed by atoms with Gasteiger partial charge in [0, 0.05) is 12.1 Å². The Balaban J connectivity index is 2.19. The molecule has 0 atom stereocenters. The van der Waals surface area contributed by atoms with Crippen LogP contribution in [0.15, 0.2) is 29.8 Å². The van der Waals surface area contributed by atoms with Crippen molar-refractivity contribution in [3.63, 3.8) is 0 Å². The average molecular weight is 191 g/mol. The van der Waals surface area contributed by atoms with Crippen LogP contribution in [-0.2, 0) is 0 Å². The number of piperidine rings is 1. The molecule has 1 saturated heterocycles. The fourth-order valence-corrected chi connectivity index (χ4v) is 1.71. The van der Waals surface area contributed by atoms with Gasteiger partial charge in [0.1, 0.15) is 5.82 Å². The Kier molecular flexibility index (Phi) is 2.94. The highest BCUT2D eigenvalue weighted by molar-refractivity contribution is 5.53. The van der Waals surface area contributed by atoms with Gasteiger partial charge in [-0.3, -0.25) is 0 Å². The van der Waals surface area contributed by atoms with Crippen molar-refractivity contribution < 1.29 is 4.39 Å². The zero-order valence-corrected chi connectivity index (χ0v) is 8.09. The Morgan fingerprint density at radius 3 is 2.86 bits per heavy atom. The molecule has 0 unspecified atom stereocenters. The molecule has 1 nitrogen and oxygen atoms in total. The van der Waals surface area contributed by atoms with Gasteiger partial charge in [0.05, 0.1) is 0 Å². The molecule has 2 heteroatoms. The van der Waals surface area contributed by atoms with Crippen molar-refractivity contribution in [1.82, 2.24) is 5.32 Å². The van der Waals surface area contributed by atoms with Gasteiger partial charge in [0.25, 0.3) is 0 Å². The average Bonchev–Trinajstić information content (AvgIpc) is 2.23. The molecule has 0 aliphatic carbocycles. The van der Waals surface area contributed by atoms with E-state index in [9.17, 15) is 4.39 Å². The number of hydrogen-bond acceptors (Lipinski definition) is 1. The molecule has 0 bridgehead atoms. The Hall–Kier alpha value is -1.15. The summed E-state index contributed by atoms with van der Waals surface area (Å²) in [5.74, 6) is -0.134. The summed E-state index contributed by atoms with van der Waals surface area (Å²) in [6.45, 7) is 1.98. The smallest absolute Gasteiger partial charge is 0.130 e. The summed E-state index contributed by atoms with van der Waals surface area (Å²) in [4.78, 5) is 0. The van der Waals surface area contributed by atoms with Crippen LogP contribution in [0.25, 0.3) is 6.08 Å². The van der Waals surface area contributed by atoms with Gasteiger partial charge >= 0.3 is 0 Å². The molecule has 0 aromatic heterocycles. The first-order chi connectivity index (χ1) is 6.86. The van der Waals surface area contributed by atoms with Crippen molar-refractivity contribution in [2.75, 3.05) is 13.1 Å². The largest absolute Gasteiger partial charge is 0.313 e. The summed E-state index contributed by atoms with van der Waals surface area (Å²) in [5.41, 5.74) is 1.99. The molecule has 1 fully saturated rings. The predicted octanol–water partition coefficient (Wildman–Crippen LogP) is 2.59. The molecule has 1 aromatic carbocycles. The first-order valence-corrected chi connectivity index (χ1v) is 5.01. The minimum atomic E-state index is -0.134. The fraction of sp³-hybridized carbons (Fsp3) is 0.333. The quantitative estimate of drug-likeness (QED) is 0.719. The summed E-state index contributed by atoms with van der Waals surface area (Å²) in [6, 6.07) is 6.90. The van der Waals surface area contributed by atoms with E-state index in [4.69, 9.17) is 0 Å². The standard InChI is InChI=1S/C12H14FN/c13-12-6-2-1-5-11(12)8-10-4-3-7-14-9-10/h1-2,5-6,8,14H,3-4,7,9H2. The molecule has 0 radical (unpaired) electrons. The summed E-state index contributed by atoms with van der Waals surface area (Å²) in [6.07, 6.45) is 4.20. The lowest BCUT2D eigenvalue weighted by atomic mass is 10.0. The molecule has 1 aliphatic rings. The van der Waals surface area contributed by atoms with Crippen LogP contribution in [-0.4, -0.2) is 13.1 Å². The SMILES string of the molecule is Fc1ccccc1C=C1CCCNC1. The number of halogens is 1. The van der Waals surface area contributed by atoms with E-state index in [1.54, 1.807) is 6.07 Å². The molecule has 14 heavy (non-hydrogen) atoms. The van der Waals surface area contributed by atoms with Gasteiger partial charge in [-0.15, -0.1) is 0 Å². The number of hydrogen-bond donors (Lipinski definition) is 1. The molecule has 2 rings (SSSR count). The fourth-order valence-electron chi connectivity index (χ4n) is 1.71. The summed E-state index contributed by atoms with van der Waals surface area (Å²) < 4.78 is 13.3. The molecule has 0 amide bonds. The monoisotopic (exact) mass is 191 g/mol. The Labute approximate surface area is 83.6 Å². The lowest BCUT2D eigenvalue weighted by Crippen LogP contribution is -2.23. The van der Waals surface area contributed by atoms with Gasteiger partial charge in [0.15, 0.2) is 0 Å². The van der Waals surface area contributed by atoms with Crippen LogP contribution in [0.2, 0.25) is 0 Å². The number of rotatable bonds is 1. The predicted molar refractivity (Wildman–Crippen MR) is 56.5 cm³/mol. The van der Waals surface area contributed by atoms with Crippen LogP contribution in [0, 0.1) is 5.82 Å². The van der Waals surface area contributed by atoms with E-state index < -0.39 is 0 Å². The van der Waals surface area contributed by atoms with E-state index >= 15 is 0 Å². The van der Waals surface area contributed by atoms with Crippen LogP contribution in [0.1, 0.15) is 18.4 Å². The van der Waals surface area contributed by atoms with Crippen LogP contribution < -0.4 is 5.32 Å². The van der Waals surface area contributed by atoms with E-state index in [0.29, 0.717) is 5.56 Å². The molecular formula is C12H14FN. The van der Waals surface area contributed by atoms with E-state index in [-0.39, 0.29) is 5.82 Å². The Bertz CT molecular complexity index is 336. The summed E-state index contributed by atoms with van der Waals surface area (Å²) in [5, 5.41) is 3.28. The highest BCUT2D eigenvalue weighted by Crippen LogP contribution is 2.15. The molecule has 0 saturated carbocycles. The third-order valence-electron chi connectivity index (χ3n) is 2.47. The van der Waals surface area contributed by atoms with E-state index in [1.807, 2.05) is 18.2 Å². The zero-order chi connectivity index (χ0) is 9.80. The maximum atomic E-state index is 13.3. The lowest BCUT2D eigenvalue weighted by molar-refractivity contribution is 0.609. The lowest BCUT2D eigenvalue weighted by Gasteiger charge is -2.15. The molecule has 1 aromatic rings. The highest BCUT2D eigenvalue weighted by atomic mass is 19.1. The maximum Gasteiger partial charge on any atom is 0.130 e. The molecule has 0 spiro atoms. The molecule has 1 N–H and O–H groups in total. The van der Waals surface area contributed by atoms with Gasteiger partial charge in [-0.1, -0.05) is 29.8 Å². The van der Waals surface area contributed by atoms with Crippen molar-refractivity contribution in [1.29, 1.82) is 0 Å². The van der Waals surface area contributed by atoms with Crippen molar-refractivity contribution >= 4 is 6.08 Å². The first-order valence-electron chi connectivity index (χ1n) is 5.01. The van der Waals surface area contributed by atoms with Gasteiger partial charge in [-0.25, -0.2) is 4.39 Å². The summed E-state index contributed by atoms with van der Waals surface area (Å²) >= 11 is 0. The second kappa shape index (κ2) is 4.38. The number of nitrogens with one attached hydrogen (secondary N) is 1. The number of benzene rings is 1. The van der Waals surface area contributed by atoms with Crippen LogP contribution in [0.3, 0.4) is 0 Å². The third-order valence-corrected chi connectivity index (χ3v) is 2.47. The highest BCUT2D eigenvalue weighted by Gasteiger charge is 2.05. The topological polar surface area (TPSA) is 12.0 Å². The first kappa shape index (κ1) is 9.41. The van der Waals surface area contributed by atoms with Gasteiger partial charge in [0.2, 0.25) is 0 Å². The second-order valence-electron chi connectivity index (χ2n) is 3.60. The maximum absolute atomic E-state index is 13.3. The summed E-state index contributed by atoms with van der Waals surface area (Å²) in [7, 11) is 0. The van der Waals surface area contributed by atoms with Crippen molar-refractivity contribution in [3.05, 3.63) is 41.2 Å². The van der Waals surface area contributed by atoms with Crippen molar-refractivity contribution in [2.24, 2.45) is 0 Å². The molecular weight excluding hydrogens is 177 g/mol. The van der Waals surface area contributed by atoms with E-state index in [1.165, 1.54) is 11.6 Å². The molecule has 1 aliphatic heterocycles. The van der Waals surface area contributed by atoms with Gasteiger partial charge in [-0.2, -0.15) is 0 Å². The van der Waals surface area contributed by atoms with Crippen LogP contribution >= 0.6 is 0 Å². The third kappa shape index (κ3) is 2.20. The molecule has 1 heterocycles.